The summed E-state index contributed by atoms with van der Waals surface area (Å²) in [6.45, 7) is 3.80. The van der Waals surface area contributed by atoms with Crippen molar-refractivity contribution >= 4 is 28.9 Å². The Hall–Kier alpha value is -2.61. The Labute approximate surface area is 136 Å². The number of carbonyl (C=O) groups excluding carboxylic acids is 1. The Morgan fingerprint density at radius 3 is 2.70 bits per heavy atom. The second kappa shape index (κ2) is 6.66. The van der Waals surface area contributed by atoms with Crippen LogP contribution in [0.1, 0.15) is 27.4 Å². The first-order valence-electron chi connectivity index (χ1n) is 6.57. The monoisotopic (exact) mass is 339 g/mol. The summed E-state index contributed by atoms with van der Waals surface area (Å²) in [7, 11) is 1.17. The molecule has 1 aromatic carbocycles. The molecule has 0 aliphatic rings. The average Bonchev–Trinajstić information content (AvgIpc) is 2.82. The summed E-state index contributed by atoms with van der Waals surface area (Å²) in [4.78, 5) is 22.2. The van der Waals surface area contributed by atoms with Crippen LogP contribution >= 0.6 is 11.6 Å². The minimum Gasteiger partial charge on any atom is -0.465 e. The molecule has 0 fully saturated rings. The van der Waals surface area contributed by atoms with Gasteiger partial charge in [-0.05, 0) is 19.9 Å². The SMILES string of the molecule is COC(=O)c1cc([N+](=O)[O-])c(NCc2c(C)noc2C)cc1Cl. The number of methoxy groups -OCH3 is 1. The number of halogens is 1. The number of nitrogens with zero attached hydrogens (tertiary/aromatic N) is 2. The number of ether oxygens (including phenoxy) is 1. The lowest BCUT2D eigenvalue weighted by atomic mass is 10.1. The highest BCUT2D eigenvalue weighted by Crippen LogP contribution is 2.32. The van der Waals surface area contributed by atoms with E-state index < -0.39 is 10.9 Å². The number of aromatic nitrogens is 1. The van der Waals surface area contributed by atoms with Crippen molar-refractivity contribution < 1.29 is 19.0 Å². The van der Waals surface area contributed by atoms with Gasteiger partial charge in [-0.2, -0.15) is 0 Å². The predicted molar refractivity (Wildman–Crippen MR) is 82.7 cm³/mol. The first-order chi connectivity index (χ1) is 10.8. The van der Waals surface area contributed by atoms with Crippen LogP contribution in [0.3, 0.4) is 0 Å². The highest BCUT2D eigenvalue weighted by Gasteiger charge is 2.22. The molecule has 122 valence electrons. The summed E-state index contributed by atoms with van der Waals surface area (Å²) >= 11 is 6.01. The van der Waals surface area contributed by atoms with E-state index in [-0.39, 0.29) is 28.5 Å². The first-order valence-corrected chi connectivity index (χ1v) is 6.94. The van der Waals surface area contributed by atoms with Gasteiger partial charge in [-0.25, -0.2) is 4.79 Å². The van der Waals surface area contributed by atoms with Crippen molar-refractivity contribution in [1.82, 2.24) is 5.16 Å². The third-order valence-electron chi connectivity index (χ3n) is 3.32. The first kappa shape index (κ1) is 16.8. The minimum absolute atomic E-state index is 0.0590. The lowest BCUT2D eigenvalue weighted by Crippen LogP contribution is -2.07. The maximum absolute atomic E-state index is 11.6. The van der Waals surface area contributed by atoms with Gasteiger partial charge in [-0.3, -0.25) is 10.1 Å². The van der Waals surface area contributed by atoms with E-state index in [2.05, 4.69) is 15.2 Å². The Morgan fingerprint density at radius 2 is 2.17 bits per heavy atom. The number of hydrogen-bond acceptors (Lipinski definition) is 7. The number of esters is 1. The molecule has 0 aliphatic carbocycles. The summed E-state index contributed by atoms with van der Waals surface area (Å²) < 4.78 is 9.59. The fourth-order valence-electron chi connectivity index (χ4n) is 2.06. The number of nitro groups is 1. The van der Waals surface area contributed by atoms with E-state index in [4.69, 9.17) is 16.1 Å². The Kier molecular flexibility index (Phi) is 4.85. The maximum Gasteiger partial charge on any atom is 0.339 e. The van der Waals surface area contributed by atoms with Crippen LogP contribution in [0.5, 0.6) is 0 Å². The highest BCUT2D eigenvalue weighted by molar-refractivity contribution is 6.34. The molecule has 9 heteroatoms. The fraction of sp³-hybridized carbons (Fsp3) is 0.286. The van der Waals surface area contributed by atoms with Crippen LogP contribution in [0.2, 0.25) is 5.02 Å². The molecule has 0 atom stereocenters. The van der Waals surface area contributed by atoms with Gasteiger partial charge >= 0.3 is 5.97 Å². The average molecular weight is 340 g/mol. The Morgan fingerprint density at radius 1 is 1.48 bits per heavy atom. The van der Waals surface area contributed by atoms with Crippen LogP contribution in [-0.4, -0.2) is 23.2 Å². The number of anilines is 1. The Bertz CT molecular complexity index is 753. The van der Waals surface area contributed by atoms with Gasteiger partial charge in [0.15, 0.2) is 0 Å². The van der Waals surface area contributed by atoms with E-state index in [0.717, 1.165) is 11.6 Å². The zero-order chi connectivity index (χ0) is 17.1. The van der Waals surface area contributed by atoms with Crippen LogP contribution in [0.15, 0.2) is 16.7 Å². The number of nitro benzene ring substituents is 1. The van der Waals surface area contributed by atoms with Crippen molar-refractivity contribution in [2.24, 2.45) is 0 Å². The minimum atomic E-state index is -0.740. The lowest BCUT2D eigenvalue weighted by Gasteiger charge is -2.09. The van der Waals surface area contributed by atoms with Crippen molar-refractivity contribution in [3.63, 3.8) is 0 Å². The molecule has 0 unspecified atom stereocenters. The fourth-order valence-corrected chi connectivity index (χ4v) is 2.30. The van der Waals surface area contributed by atoms with E-state index in [0.29, 0.717) is 11.5 Å². The van der Waals surface area contributed by atoms with Crippen LogP contribution in [0.25, 0.3) is 0 Å². The number of aryl methyl sites for hydroxylation is 2. The van der Waals surface area contributed by atoms with Gasteiger partial charge < -0.3 is 14.6 Å². The Balaban J connectivity index is 2.36. The highest BCUT2D eigenvalue weighted by atomic mass is 35.5. The summed E-state index contributed by atoms with van der Waals surface area (Å²) in [5.41, 5.74) is 1.33. The second-order valence-electron chi connectivity index (χ2n) is 4.75. The summed E-state index contributed by atoms with van der Waals surface area (Å²) in [5.74, 6) is -0.120. The smallest absolute Gasteiger partial charge is 0.339 e. The maximum atomic E-state index is 11.6. The molecule has 2 rings (SSSR count). The van der Waals surface area contributed by atoms with Gasteiger partial charge in [0.25, 0.3) is 5.69 Å². The summed E-state index contributed by atoms with van der Waals surface area (Å²) in [6, 6.07) is 2.41. The van der Waals surface area contributed by atoms with Crippen LogP contribution < -0.4 is 5.32 Å². The standard InChI is InChI=1S/C14H14ClN3O5/c1-7-10(8(2)23-17-7)6-16-12-5-11(15)9(14(19)22-3)4-13(12)18(20)21/h4-5,16H,6H2,1-3H3. The summed E-state index contributed by atoms with van der Waals surface area (Å²) in [5, 5.41) is 18.0. The molecule has 23 heavy (non-hydrogen) atoms. The van der Waals surface area contributed by atoms with Crippen molar-refractivity contribution in [2.75, 3.05) is 12.4 Å². The molecule has 0 saturated carbocycles. The van der Waals surface area contributed by atoms with Crippen molar-refractivity contribution in [3.8, 4) is 0 Å². The molecule has 0 radical (unpaired) electrons. The molecular weight excluding hydrogens is 326 g/mol. The van der Waals surface area contributed by atoms with Gasteiger partial charge in [0, 0.05) is 18.2 Å². The molecule has 0 amide bonds. The van der Waals surface area contributed by atoms with Crippen LogP contribution in [0, 0.1) is 24.0 Å². The van der Waals surface area contributed by atoms with Crippen molar-refractivity contribution in [2.45, 2.75) is 20.4 Å². The van der Waals surface area contributed by atoms with Gasteiger partial charge in [-0.1, -0.05) is 16.8 Å². The van der Waals surface area contributed by atoms with Crippen LogP contribution in [0.4, 0.5) is 11.4 Å². The molecular formula is C14H14ClN3O5. The lowest BCUT2D eigenvalue weighted by molar-refractivity contribution is -0.384. The van der Waals surface area contributed by atoms with Gasteiger partial charge in [0.2, 0.25) is 0 Å². The third kappa shape index (κ3) is 3.42. The van der Waals surface area contributed by atoms with E-state index in [1.807, 2.05) is 0 Å². The van der Waals surface area contributed by atoms with Crippen molar-refractivity contribution in [3.05, 3.63) is 49.9 Å². The second-order valence-corrected chi connectivity index (χ2v) is 5.16. The normalized spacial score (nSPS) is 10.4. The molecule has 0 saturated heterocycles. The molecule has 0 bridgehead atoms. The molecule has 2 aromatic rings. The predicted octanol–water partition coefficient (Wildman–Crippen LogP) is 3.25. The number of hydrogen-bond donors (Lipinski definition) is 1. The van der Waals surface area contributed by atoms with Crippen LogP contribution in [-0.2, 0) is 11.3 Å². The topological polar surface area (TPSA) is 108 Å². The molecule has 0 spiro atoms. The number of benzene rings is 1. The molecule has 8 nitrogen and oxygen atoms in total. The molecule has 1 heterocycles. The quantitative estimate of drug-likeness (QED) is 0.506. The summed E-state index contributed by atoms with van der Waals surface area (Å²) in [6.07, 6.45) is 0. The largest absolute Gasteiger partial charge is 0.465 e. The molecule has 1 N–H and O–H groups in total. The van der Waals surface area contributed by atoms with Gasteiger partial charge in [0.1, 0.15) is 11.4 Å². The molecule has 0 aliphatic heterocycles. The van der Waals surface area contributed by atoms with Crippen molar-refractivity contribution in [1.29, 1.82) is 0 Å². The third-order valence-corrected chi connectivity index (χ3v) is 3.64. The van der Waals surface area contributed by atoms with Gasteiger partial charge in [-0.15, -0.1) is 0 Å². The van der Waals surface area contributed by atoms with E-state index in [1.165, 1.54) is 13.2 Å². The van der Waals surface area contributed by atoms with E-state index in [9.17, 15) is 14.9 Å². The number of carbonyl (C=O) groups is 1. The number of nitrogens with one attached hydrogen (secondary N) is 1. The molecule has 1 aromatic heterocycles. The van der Waals surface area contributed by atoms with Gasteiger partial charge in [0.05, 0.1) is 28.3 Å². The zero-order valence-electron chi connectivity index (χ0n) is 12.7. The zero-order valence-corrected chi connectivity index (χ0v) is 13.4. The van der Waals surface area contributed by atoms with E-state index >= 15 is 0 Å². The van der Waals surface area contributed by atoms with E-state index in [1.54, 1.807) is 13.8 Å². The number of rotatable bonds is 5.